The van der Waals surface area contributed by atoms with E-state index in [1.165, 1.54) is 6.42 Å². The third-order valence-corrected chi connectivity index (χ3v) is 9.07. The number of hydrogen-bond acceptors (Lipinski definition) is 5. The number of rotatable bonds is 5. The minimum Gasteiger partial charge on any atom is -0.487 e. The average Bonchev–Trinajstić information content (AvgIpc) is 3.09. The second-order valence-electron chi connectivity index (χ2n) is 8.91. The summed E-state index contributed by atoms with van der Waals surface area (Å²) in [6, 6.07) is 12.4. The highest BCUT2D eigenvalue weighted by Gasteiger charge is 2.42. The molecule has 2 aliphatic rings. The van der Waals surface area contributed by atoms with Gasteiger partial charge in [0.05, 0.1) is 21.2 Å². The fourth-order valence-corrected chi connectivity index (χ4v) is 7.40. The Labute approximate surface area is 192 Å². The first-order valence-electron chi connectivity index (χ1n) is 11.3. The van der Waals surface area contributed by atoms with Crippen molar-refractivity contribution in [2.45, 2.75) is 75.0 Å². The average molecular weight is 473 g/mol. The molecule has 0 amide bonds. The molecule has 5 rings (SSSR count). The maximum Gasteiger partial charge on any atom is 0.308 e. The Hall–Kier alpha value is -2.16. The van der Waals surface area contributed by atoms with Crippen molar-refractivity contribution in [3.63, 3.8) is 0 Å². The van der Waals surface area contributed by atoms with Gasteiger partial charge in [-0.1, -0.05) is 42.9 Å². The molecule has 6 nitrogen and oxygen atoms in total. The molecule has 1 saturated carbocycles. The predicted molar refractivity (Wildman–Crippen MR) is 127 cm³/mol. The fraction of sp³-hybridized carbons (Fsp3) is 0.458. The van der Waals surface area contributed by atoms with Crippen LogP contribution < -0.4 is 14.3 Å². The Morgan fingerprint density at radius 3 is 2.72 bits per heavy atom. The minimum absolute atomic E-state index is 0.0537. The lowest BCUT2D eigenvalue weighted by atomic mass is 9.77. The summed E-state index contributed by atoms with van der Waals surface area (Å²) in [5.41, 5.74) is 1.37. The number of benzene rings is 2. The summed E-state index contributed by atoms with van der Waals surface area (Å²) in [4.78, 5) is 12.5. The standard InChI is InChI=1S/C24H28N2O4S2/c1-2-14-26-20-11-10-17(15-22(20)31-23(26)27)32(28,29)25-19-16-24(12-6-3-7-13-24)30-21-9-5-4-8-18(19)21/h4-5,8-11,15,19,25H,2-3,6-7,12-14,16H2,1H3. The SMILES string of the molecule is CCCn1c(=O)sc2cc(S(=O)(=O)NC3CC4(CCCCC4)Oc4ccccc43)ccc21. The third kappa shape index (κ3) is 3.89. The van der Waals surface area contributed by atoms with Gasteiger partial charge in [0, 0.05) is 18.5 Å². The van der Waals surface area contributed by atoms with Gasteiger partial charge in [0.25, 0.3) is 0 Å². The lowest BCUT2D eigenvalue weighted by molar-refractivity contribution is 0.0000754. The first kappa shape index (κ1) is 21.7. The zero-order chi connectivity index (χ0) is 22.3. The monoisotopic (exact) mass is 472 g/mol. The lowest BCUT2D eigenvalue weighted by Gasteiger charge is -2.44. The van der Waals surface area contributed by atoms with Crippen molar-refractivity contribution in [1.29, 1.82) is 0 Å². The van der Waals surface area contributed by atoms with Gasteiger partial charge < -0.3 is 4.74 Å². The van der Waals surface area contributed by atoms with Gasteiger partial charge in [0.1, 0.15) is 11.4 Å². The summed E-state index contributed by atoms with van der Waals surface area (Å²) in [6.07, 6.45) is 6.78. The molecule has 2 aromatic carbocycles. The van der Waals surface area contributed by atoms with E-state index in [0.29, 0.717) is 17.7 Å². The summed E-state index contributed by atoms with van der Waals surface area (Å²) in [6.45, 7) is 2.65. The molecule has 1 aliphatic heterocycles. The molecule has 170 valence electrons. The van der Waals surface area contributed by atoms with E-state index in [-0.39, 0.29) is 21.4 Å². The van der Waals surface area contributed by atoms with Gasteiger partial charge in [0.2, 0.25) is 10.0 Å². The molecule has 8 heteroatoms. The van der Waals surface area contributed by atoms with E-state index < -0.39 is 10.0 Å². The molecule has 32 heavy (non-hydrogen) atoms. The zero-order valence-electron chi connectivity index (χ0n) is 18.2. The van der Waals surface area contributed by atoms with Crippen molar-refractivity contribution in [2.24, 2.45) is 0 Å². The van der Waals surface area contributed by atoms with Crippen molar-refractivity contribution in [2.75, 3.05) is 0 Å². The molecule has 1 N–H and O–H groups in total. The topological polar surface area (TPSA) is 77.4 Å². The van der Waals surface area contributed by atoms with Gasteiger partial charge in [-0.25, -0.2) is 13.1 Å². The molecule has 1 unspecified atom stereocenters. The fourth-order valence-electron chi connectivity index (χ4n) is 5.13. The zero-order valence-corrected chi connectivity index (χ0v) is 19.8. The molecular formula is C24H28N2O4S2. The molecule has 1 atom stereocenters. The maximum atomic E-state index is 13.4. The van der Waals surface area contributed by atoms with E-state index in [1.54, 1.807) is 22.8 Å². The summed E-state index contributed by atoms with van der Waals surface area (Å²) in [5, 5.41) is 0. The number of fused-ring (bicyclic) bond motifs is 2. The van der Waals surface area contributed by atoms with Crippen LogP contribution in [0.3, 0.4) is 0 Å². The molecule has 1 aliphatic carbocycles. The Bertz CT molecular complexity index is 1300. The van der Waals surface area contributed by atoms with Gasteiger partial charge in [-0.2, -0.15) is 0 Å². The molecule has 3 aromatic rings. The molecule has 1 spiro atoms. The van der Waals surface area contributed by atoms with Gasteiger partial charge in [0.15, 0.2) is 0 Å². The van der Waals surface area contributed by atoms with Crippen LogP contribution in [0.5, 0.6) is 5.75 Å². The van der Waals surface area contributed by atoms with E-state index in [0.717, 1.165) is 60.3 Å². The van der Waals surface area contributed by atoms with Crippen molar-refractivity contribution in [3.05, 3.63) is 57.7 Å². The highest BCUT2D eigenvalue weighted by molar-refractivity contribution is 7.89. The number of thiazole rings is 1. The Balaban J connectivity index is 1.49. The van der Waals surface area contributed by atoms with Gasteiger partial charge in [-0.05, 0) is 56.4 Å². The Morgan fingerprint density at radius 2 is 1.94 bits per heavy atom. The molecule has 0 radical (unpaired) electrons. The van der Waals surface area contributed by atoms with Crippen LogP contribution in [0.1, 0.15) is 63.5 Å². The van der Waals surface area contributed by atoms with Gasteiger partial charge in [-0.3, -0.25) is 9.36 Å². The second-order valence-corrected chi connectivity index (χ2v) is 11.6. The van der Waals surface area contributed by atoms with E-state index in [2.05, 4.69) is 4.72 Å². The largest absolute Gasteiger partial charge is 0.487 e. The molecule has 2 heterocycles. The molecule has 1 aromatic heterocycles. The van der Waals surface area contributed by atoms with Crippen LogP contribution in [0.25, 0.3) is 10.2 Å². The molecular weight excluding hydrogens is 444 g/mol. The minimum atomic E-state index is -3.78. The number of aryl methyl sites for hydroxylation is 1. The van der Waals surface area contributed by atoms with E-state index in [1.807, 2.05) is 31.2 Å². The van der Waals surface area contributed by atoms with Gasteiger partial charge >= 0.3 is 4.87 Å². The third-order valence-electron chi connectivity index (χ3n) is 6.66. The first-order chi connectivity index (χ1) is 15.4. The van der Waals surface area contributed by atoms with Crippen LogP contribution in [0.15, 0.2) is 52.2 Å². The quantitative estimate of drug-likeness (QED) is 0.568. The molecule has 0 saturated heterocycles. The number of nitrogens with zero attached hydrogens (tertiary/aromatic N) is 1. The molecule has 0 bridgehead atoms. The smallest absolute Gasteiger partial charge is 0.308 e. The van der Waals surface area contributed by atoms with Crippen LogP contribution in [-0.2, 0) is 16.6 Å². The van der Waals surface area contributed by atoms with Crippen molar-refractivity contribution < 1.29 is 13.2 Å². The summed E-state index contributed by atoms with van der Waals surface area (Å²) < 4.78 is 38.6. The van der Waals surface area contributed by atoms with Crippen molar-refractivity contribution in [1.82, 2.24) is 9.29 Å². The van der Waals surface area contributed by atoms with Crippen LogP contribution in [0.4, 0.5) is 0 Å². The summed E-state index contributed by atoms with van der Waals surface area (Å²) in [7, 11) is -3.78. The van der Waals surface area contributed by atoms with Crippen LogP contribution in [0.2, 0.25) is 0 Å². The van der Waals surface area contributed by atoms with E-state index in [9.17, 15) is 13.2 Å². The highest BCUT2D eigenvalue weighted by atomic mass is 32.2. The Kier molecular flexibility index (Phi) is 5.63. The molecule has 1 fully saturated rings. The maximum absolute atomic E-state index is 13.4. The van der Waals surface area contributed by atoms with Crippen LogP contribution in [-0.4, -0.2) is 18.6 Å². The number of sulfonamides is 1. The number of aromatic nitrogens is 1. The first-order valence-corrected chi connectivity index (χ1v) is 13.6. The van der Waals surface area contributed by atoms with Crippen molar-refractivity contribution in [3.8, 4) is 5.75 Å². The number of para-hydroxylation sites is 1. The van der Waals surface area contributed by atoms with Crippen LogP contribution in [0, 0.1) is 0 Å². The van der Waals surface area contributed by atoms with Crippen LogP contribution >= 0.6 is 11.3 Å². The normalized spacial score (nSPS) is 20.2. The van der Waals surface area contributed by atoms with Gasteiger partial charge in [-0.15, -0.1) is 0 Å². The number of hydrogen-bond donors (Lipinski definition) is 1. The van der Waals surface area contributed by atoms with E-state index >= 15 is 0 Å². The summed E-state index contributed by atoms with van der Waals surface area (Å²) in [5.74, 6) is 0.777. The number of ether oxygens (including phenoxy) is 1. The predicted octanol–water partition coefficient (Wildman–Crippen LogP) is 4.98. The van der Waals surface area contributed by atoms with Crippen molar-refractivity contribution >= 4 is 31.6 Å². The Morgan fingerprint density at radius 1 is 1.16 bits per heavy atom. The highest BCUT2D eigenvalue weighted by Crippen LogP contribution is 2.46. The number of nitrogens with one attached hydrogen (secondary N) is 1. The van der Waals surface area contributed by atoms with E-state index in [4.69, 9.17) is 4.74 Å². The second kappa shape index (κ2) is 8.32. The summed E-state index contributed by atoms with van der Waals surface area (Å²) >= 11 is 1.10. The lowest BCUT2D eigenvalue weighted by Crippen LogP contribution is -2.46.